The van der Waals surface area contributed by atoms with Crippen LogP contribution in [0.1, 0.15) is 39.2 Å². The molecule has 0 bridgehead atoms. The number of rotatable bonds is 3. The summed E-state index contributed by atoms with van der Waals surface area (Å²) in [7, 11) is 0. The zero-order valence-corrected chi connectivity index (χ0v) is 15.1. The summed E-state index contributed by atoms with van der Waals surface area (Å²) in [5.74, 6) is 0.276. The van der Waals surface area contributed by atoms with E-state index < -0.39 is 5.60 Å². The van der Waals surface area contributed by atoms with Gasteiger partial charge in [-0.1, -0.05) is 30.3 Å². The molecule has 2 amide bonds. The molecule has 3 rings (SSSR count). The highest BCUT2D eigenvalue weighted by atomic mass is 16.6. The van der Waals surface area contributed by atoms with Crippen molar-refractivity contribution in [1.29, 1.82) is 0 Å². The van der Waals surface area contributed by atoms with Gasteiger partial charge in [0.1, 0.15) is 12.2 Å². The summed E-state index contributed by atoms with van der Waals surface area (Å²) in [6, 6.07) is 9.64. The van der Waals surface area contributed by atoms with Crippen LogP contribution in [-0.2, 0) is 16.1 Å². The number of hydrogen-bond donors (Lipinski definition) is 1. The Morgan fingerprint density at radius 1 is 1.28 bits per heavy atom. The van der Waals surface area contributed by atoms with E-state index in [-0.39, 0.29) is 30.3 Å². The highest BCUT2D eigenvalue weighted by molar-refractivity contribution is 5.71. The number of fused-ring (bicyclic) bond motifs is 1. The van der Waals surface area contributed by atoms with E-state index in [2.05, 4.69) is 5.32 Å². The van der Waals surface area contributed by atoms with Gasteiger partial charge in [-0.05, 0) is 39.2 Å². The Balaban J connectivity index is 1.46. The minimum absolute atomic E-state index is 0.210. The lowest BCUT2D eigenvalue weighted by Crippen LogP contribution is -2.49. The summed E-state index contributed by atoms with van der Waals surface area (Å²) in [5, 5.41) is 3.00. The molecule has 1 heterocycles. The number of carbonyl (C=O) groups excluding carboxylic acids is 2. The molecule has 2 atom stereocenters. The third-order valence-corrected chi connectivity index (χ3v) is 4.71. The lowest BCUT2D eigenvalue weighted by Gasteiger charge is -2.32. The first-order chi connectivity index (χ1) is 11.8. The summed E-state index contributed by atoms with van der Waals surface area (Å²) in [4.78, 5) is 26.0. The molecule has 1 aromatic rings. The molecule has 1 saturated carbocycles. The molecule has 2 aliphatic rings. The van der Waals surface area contributed by atoms with Crippen molar-refractivity contribution in [2.45, 2.75) is 51.4 Å². The summed E-state index contributed by atoms with van der Waals surface area (Å²) in [6.07, 6.45) is 0.947. The number of carbonyl (C=O) groups is 2. The van der Waals surface area contributed by atoms with Crippen LogP contribution in [0.25, 0.3) is 0 Å². The van der Waals surface area contributed by atoms with Crippen molar-refractivity contribution in [3.05, 3.63) is 35.9 Å². The second kappa shape index (κ2) is 6.58. The fourth-order valence-corrected chi connectivity index (χ4v) is 3.32. The summed E-state index contributed by atoms with van der Waals surface area (Å²) in [5.41, 5.74) is 0.256. The Labute approximate surface area is 148 Å². The van der Waals surface area contributed by atoms with Gasteiger partial charge in [0.15, 0.2) is 0 Å². The maximum Gasteiger partial charge on any atom is 0.410 e. The molecule has 1 aliphatic carbocycles. The lowest BCUT2D eigenvalue weighted by molar-refractivity contribution is 0.0459. The van der Waals surface area contributed by atoms with E-state index in [0.29, 0.717) is 13.1 Å². The zero-order valence-electron chi connectivity index (χ0n) is 15.1. The molecule has 2 fully saturated rings. The van der Waals surface area contributed by atoms with Crippen molar-refractivity contribution in [3.8, 4) is 0 Å². The van der Waals surface area contributed by atoms with Crippen molar-refractivity contribution >= 4 is 12.2 Å². The minimum Gasteiger partial charge on any atom is -0.445 e. The Hall–Kier alpha value is -2.24. The van der Waals surface area contributed by atoms with Crippen molar-refractivity contribution < 1.29 is 19.1 Å². The van der Waals surface area contributed by atoms with E-state index in [1.54, 1.807) is 4.90 Å². The van der Waals surface area contributed by atoms with Crippen molar-refractivity contribution in [3.63, 3.8) is 0 Å². The van der Waals surface area contributed by atoms with E-state index in [1.807, 2.05) is 51.1 Å². The third-order valence-electron chi connectivity index (χ3n) is 4.71. The van der Waals surface area contributed by atoms with Gasteiger partial charge in [-0.3, -0.25) is 0 Å². The van der Waals surface area contributed by atoms with Crippen LogP contribution in [0.3, 0.4) is 0 Å². The highest BCUT2D eigenvalue weighted by Gasteiger charge is 2.58. The number of hydrogen-bond acceptors (Lipinski definition) is 4. The SMILES string of the molecule is CC(C)(C)OC(=O)NC12CCN(C(=O)OCc3ccccc3)CC1C2. The van der Waals surface area contributed by atoms with Crippen LogP contribution < -0.4 is 5.32 Å². The Morgan fingerprint density at radius 3 is 2.64 bits per heavy atom. The van der Waals surface area contributed by atoms with Crippen LogP contribution in [-0.4, -0.2) is 41.3 Å². The fourth-order valence-electron chi connectivity index (χ4n) is 3.32. The number of alkyl carbamates (subject to hydrolysis) is 1. The van der Waals surface area contributed by atoms with Crippen LogP contribution in [0.4, 0.5) is 9.59 Å². The number of nitrogens with one attached hydrogen (secondary N) is 1. The summed E-state index contributed by atoms with van der Waals surface area (Å²) >= 11 is 0. The third kappa shape index (κ3) is 4.44. The topological polar surface area (TPSA) is 67.9 Å². The van der Waals surface area contributed by atoms with Gasteiger partial charge in [0.25, 0.3) is 0 Å². The quantitative estimate of drug-likeness (QED) is 0.912. The molecule has 2 unspecified atom stereocenters. The van der Waals surface area contributed by atoms with Gasteiger partial charge < -0.3 is 19.7 Å². The van der Waals surface area contributed by atoms with Crippen LogP contribution in [0.5, 0.6) is 0 Å². The normalized spacial score (nSPS) is 24.9. The molecule has 6 heteroatoms. The highest BCUT2D eigenvalue weighted by Crippen LogP contribution is 2.49. The van der Waals surface area contributed by atoms with E-state index >= 15 is 0 Å². The van der Waals surface area contributed by atoms with E-state index in [0.717, 1.165) is 18.4 Å². The maximum atomic E-state index is 12.2. The Kier molecular flexibility index (Phi) is 4.62. The van der Waals surface area contributed by atoms with Gasteiger partial charge in [0.2, 0.25) is 0 Å². The van der Waals surface area contributed by atoms with Crippen molar-refractivity contribution in [1.82, 2.24) is 10.2 Å². The molecule has 1 saturated heterocycles. The van der Waals surface area contributed by atoms with Crippen LogP contribution >= 0.6 is 0 Å². The average Bonchev–Trinajstić information content (AvgIpc) is 3.24. The molecule has 6 nitrogen and oxygen atoms in total. The summed E-state index contributed by atoms with van der Waals surface area (Å²) < 4.78 is 10.7. The second-order valence-electron chi connectivity index (χ2n) is 7.92. The molecule has 136 valence electrons. The predicted molar refractivity (Wildman–Crippen MR) is 93.0 cm³/mol. The van der Waals surface area contributed by atoms with Gasteiger partial charge in [-0.15, -0.1) is 0 Å². The van der Waals surface area contributed by atoms with E-state index in [1.165, 1.54) is 0 Å². The Morgan fingerprint density at radius 2 is 2.00 bits per heavy atom. The van der Waals surface area contributed by atoms with Gasteiger partial charge in [0, 0.05) is 19.0 Å². The standard InChI is InChI=1S/C19H26N2O4/c1-18(2,3)25-16(22)20-19-9-10-21(12-15(19)11-19)17(23)24-13-14-7-5-4-6-8-14/h4-8,15H,9-13H2,1-3H3,(H,20,22). The number of amides is 2. The van der Waals surface area contributed by atoms with Gasteiger partial charge in [-0.2, -0.15) is 0 Å². The van der Waals surface area contributed by atoms with Crippen molar-refractivity contribution in [2.75, 3.05) is 13.1 Å². The number of ether oxygens (including phenoxy) is 2. The maximum absolute atomic E-state index is 12.2. The molecule has 1 aromatic carbocycles. The molecule has 25 heavy (non-hydrogen) atoms. The number of nitrogens with zero attached hydrogens (tertiary/aromatic N) is 1. The number of benzene rings is 1. The van der Waals surface area contributed by atoms with Crippen LogP contribution in [0, 0.1) is 5.92 Å². The number of likely N-dealkylation sites (tertiary alicyclic amines) is 1. The zero-order chi connectivity index (χ0) is 18.1. The van der Waals surface area contributed by atoms with Gasteiger partial charge in [-0.25, -0.2) is 9.59 Å². The molecule has 1 N–H and O–H groups in total. The lowest BCUT2D eigenvalue weighted by atomic mass is 10.1. The molecule has 1 aliphatic heterocycles. The monoisotopic (exact) mass is 346 g/mol. The molecular formula is C19H26N2O4. The van der Waals surface area contributed by atoms with Gasteiger partial charge in [0.05, 0.1) is 5.54 Å². The van der Waals surface area contributed by atoms with Crippen LogP contribution in [0.15, 0.2) is 30.3 Å². The van der Waals surface area contributed by atoms with Gasteiger partial charge >= 0.3 is 12.2 Å². The first-order valence-corrected chi connectivity index (χ1v) is 8.74. The van der Waals surface area contributed by atoms with Crippen molar-refractivity contribution in [2.24, 2.45) is 5.92 Å². The minimum atomic E-state index is -0.507. The van der Waals surface area contributed by atoms with E-state index in [4.69, 9.17) is 9.47 Å². The predicted octanol–water partition coefficient (Wildman–Crippen LogP) is 3.31. The molecule has 0 spiro atoms. The Bertz CT molecular complexity index is 641. The molecule has 0 aromatic heterocycles. The number of piperidine rings is 1. The second-order valence-corrected chi connectivity index (χ2v) is 7.92. The fraction of sp³-hybridized carbons (Fsp3) is 0.579. The van der Waals surface area contributed by atoms with Crippen LogP contribution in [0.2, 0.25) is 0 Å². The smallest absolute Gasteiger partial charge is 0.410 e. The average molecular weight is 346 g/mol. The molecular weight excluding hydrogens is 320 g/mol. The molecule has 0 radical (unpaired) electrons. The van der Waals surface area contributed by atoms with E-state index in [9.17, 15) is 9.59 Å². The first kappa shape index (κ1) is 17.6. The largest absolute Gasteiger partial charge is 0.445 e. The first-order valence-electron chi connectivity index (χ1n) is 8.74. The summed E-state index contributed by atoms with van der Waals surface area (Å²) in [6.45, 7) is 7.02.